The lowest BCUT2D eigenvalue weighted by Gasteiger charge is -2.30. The van der Waals surface area contributed by atoms with E-state index in [1.165, 1.54) is 4.90 Å². The molecule has 0 aromatic heterocycles. The van der Waals surface area contributed by atoms with Crippen LogP contribution in [0.3, 0.4) is 0 Å². The Morgan fingerprint density at radius 1 is 0.610 bits per heavy atom. The first-order valence-corrected chi connectivity index (χ1v) is 13.7. The first-order chi connectivity index (χ1) is 20.2. The zero-order valence-electron chi connectivity index (χ0n) is 22.5. The molecule has 4 aromatic carbocycles. The molecule has 1 amide bonds. The highest BCUT2D eigenvalue weighted by atomic mass is 16.6. The van der Waals surface area contributed by atoms with E-state index in [1.807, 2.05) is 91.0 Å². The fourth-order valence-corrected chi connectivity index (χ4v) is 5.29. The summed E-state index contributed by atoms with van der Waals surface area (Å²) in [5, 5.41) is 0. The second-order valence-electron chi connectivity index (χ2n) is 10.1. The molecule has 0 aliphatic carbocycles. The van der Waals surface area contributed by atoms with Gasteiger partial charge in [-0.15, -0.1) is 0 Å². The van der Waals surface area contributed by atoms with E-state index in [0.29, 0.717) is 24.5 Å². The maximum atomic E-state index is 13.3. The van der Waals surface area contributed by atoms with Crippen molar-refractivity contribution < 1.29 is 28.5 Å². The summed E-state index contributed by atoms with van der Waals surface area (Å²) in [6.45, 7) is 1.22. The van der Waals surface area contributed by atoms with Crippen LogP contribution in [0.5, 0.6) is 0 Å². The van der Waals surface area contributed by atoms with Crippen LogP contribution in [0.25, 0.3) is 0 Å². The van der Waals surface area contributed by atoms with Crippen LogP contribution in [-0.4, -0.2) is 42.8 Å². The molecule has 2 aliphatic rings. The van der Waals surface area contributed by atoms with E-state index in [2.05, 4.69) is 0 Å². The number of fused-ring (bicyclic) bond motifs is 1. The lowest BCUT2D eigenvalue weighted by molar-refractivity contribution is -0.119. The van der Waals surface area contributed by atoms with Gasteiger partial charge in [-0.1, -0.05) is 103 Å². The number of amides is 1. The average molecular weight is 550 g/mol. The molecule has 0 spiro atoms. The van der Waals surface area contributed by atoms with Crippen molar-refractivity contribution >= 4 is 17.4 Å². The number of Topliss-reactive ketones (excluding diaryl/α,β-unsaturated/α-hetero) is 1. The fraction of sp³-hybridized carbons (Fsp3) is 0.235. The lowest BCUT2D eigenvalue weighted by atomic mass is 10.1. The van der Waals surface area contributed by atoms with Crippen LogP contribution < -0.4 is 4.90 Å². The minimum atomic E-state index is -0.884. The van der Waals surface area contributed by atoms with Gasteiger partial charge in [0.15, 0.2) is 6.23 Å². The minimum absolute atomic E-state index is 0.216. The van der Waals surface area contributed by atoms with Crippen molar-refractivity contribution in [3.63, 3.8) is 0 Å². The highest BCUT2D eigenvalue weighted by Crippen LogP contribution is 2.38. The van der Waals surface area contributed by atoms with Crippen LogP contribution >= 0.6 is 0 Å². The normalized spacial score (nSPS) is 21.8. The molecule has 2 heterocycles. The molecule has 1 saturated heterocycles. The van der Waals surface area contributed by atoms with Gasteiger partial charge in [-0.3, -0.25) is 14.5 Å². The van der Waals surface area contributed by atoms with Gasteiger partial charge in [0.1, 0.15) is 18.3 Å². The molecule has 0 saturated carbocycles. The molecule has 7 heteroatoms. The third kappa shape index (κ3) is 5.99. The number of ketones is 1. The fourth-order valence-electron chi connectivity index (χ4n) is 5.29. The molecule has 0 N–H and O–H groups in total. The van der Waals surface area contributed by atoms with E-state index in [9.17, 15) is 9.59 Å². The Labute approximate surface area is 239 Å². The smallest absolute Gasteiger partial charge is 0.301 e. The Kier molecular flexibility index (Phi) is 8.30. The molecule has 4 atom stereocenters. The van der Waals surface area contributed by atoms with Gasteiger partial charge >= 0.3 is 5.91 Å². The Balaban J connectivity index is 1.30. The number of carbonyl (C=O) groups is 2. The van der Waals surface area contributed by atoms with Gasteiger partial charge < -0.3 is 18.9 Å². The SMILES string of the molecule is O=C1C(=O)N(C2OC(COCc3ccccc3)C(OCc3ccccc3)C2OCc2ccccc2)c2ccccc21. The van der Waals surface area contributed by atoms with Gasteiger partial charge in [-0.2, -0.15) is 0 Å². The number of carbonyl (C=O) groups excluding carboxylic acids is 2. The maximum absolute atomic E-state index is 13.3. The van der Waals surface area contributed by atoms with Crippen LogP contribution in [0.2, 0.25) is 0 Å². The average Bonchev–Trinajstić information content (AvgIpc) is 3.49. The molecule has 0 radical (unpaired) electrons. The number of hydrogen-bond acceptors (Lipinski definition) is 6. The summed E-state index contributed by atoms with van der Waals surface area (Å²) >= 11 is 0. The minimum Gasteiger partial charge on any atom is -0.374 e. The maximum Gasteiger partial charge on any atom is 0.301 e. The van der Waals surface area contributed by atoms with Crippen LogP contribution in [-0.2, 0) is 43.6 Å². The summed E-state index contributed by atoms with van der Waals surface area (Å²) in [6.07, 6.45) is -2.70. The molecule has 41 heavy (non-hydrogen) atoms. The van der Waals surface area contributed by atoms with Crippen LogP contribution in [0.15, 0.2) is 115 Å². The van der Waals surface area contributed by atoms with Crippen LogP contribution in [0.4, 0.5) is 5.69 Å². The largest absolute Gasteiger partial charge is 0.374 e. The molecular formula is C34H31NO6. The first kappa shape index (κ1) is 27.1. The number of benzene rings is 4. The van der Waals surface area contributed by atoms with E-state index in [4.69, 9.17) is 18.9 Å². The predicted molar refractivity (Wildman–Crippen MR) is 153 cm³/mol. The Morgan fingerprint density at radius 2 is 1.12 bits per heavy atom. The van der Waals surface area contributed by atoms with Crippen LogP contribution in [0.1, 0.15) is 27.0 Å². The van der Waals surface area contributed by atoms with Crippen molar-refractivity contribution in [1.82, 2.24) is 0 Å². The Bertz CT molecular complexity index is 1460. The van der Waals surface area contributed by atoms with E-state index in [0.717, 1.165) is 16.7 Å². The zero-order chi connectivity index (χ0) is 28.0. The quantitative estimate of drug-likeness (QED) is 0.236. The number of hydrogen-bond donors (Lipinski definition) is 0. The van der Waals surface area contributed by atoms with Crippen molar-refractivity contribution in [2.75, 3.05) is 11.5 Å². The van der Waals surface area contributed by atoms with E-state index < -0.39 is 36.2 Å². The molecule has 2 aliphatic heterocycles. The molecule has 208 valence electrons. The summed E-state index contributed by atoms with van der Waals surface area (Å²) in [6, 6.07) is 36.5. The number of para-hydroxylation sites is 1. The highest BCUT2D eigenvalue weighted by molar-refractivity contribution is 6.52. The zero-order valence-corrected chi connectivity index (χ0v) is 22.5. The lowest BCUT2D eigenvalue weighted by Crippen LogP contribution is -2.48. The van der Waals surface area contributed by atoms with Crippen molar-refractivity contribution in [2.24, 2.45) is 0 Å². The summed E-state index contributed by atoms with van der Waals surface area (Å²) in [5.41, 5.74) is 3.87. The third-order valence-electron chi connectivity index (χ3n) is 7.33. The van der Waals surface area contributed by atoms with Crippen molar-refractivity contribution in [1.29, 1.82) is 0 Å². The molecular weight excluding hydrogens is 518 g/mol. The molecule has 6 rings (SSSR count). The predicted octanol–water partition coefficient (Wildman–Crippen LogP) is 5.33. The molecule has 0 bridgehead atoms. The van der Waals surface area contributed by atoms with Gasteiger partial charge in [-0.05, 0) is 28.8 Å². The summed E-state index contributed by atoms with van der Waals surface area (Å²) in [7, 11) is 0. The second-order valence-corrected chi connectivity index (χ2v) is 10.1. The molecule has 1 fully saturated rings. The van der Waals surface area contributed by atoms with E-state index in [1.54, 1.807) is 24.3 Å². The summed E-state index contributed by atoms with van der Waals surface area (Å²) < 4.78 is 25.6. The van der Waals surface area contributed by atoms with E-state index >= 15 is 0 Å². The van der Waals surface area contributed by atoms with Gasteiger partial charge in [0.25, 0.3) is 5.78 Å². The topological polar surface area (TPSA) is 74.3 Å². The number of rotatable bonds is 11. The molecule has 7 nitrogen and oxygen atoms in total. The van der Waals surface area contributed by atoms with Gasteiger partial charge in [0.2, 0.25) is 0 Å². The Morgan fingerprint density at radius 3 is 1.73 bits per heavy atom. The summed E-state index contributed by atoms with van der Waals surface area (Å²) in [4.78, 5) is 27.7. The van der Waals surface area contributed by atoms with Crippen molar-refractivity contribution in [3.8, 4) is 0 Å². The van der Waals surface area contributed by atoms with Crippen LogP contribution in [0, 0.1) is 0 Å². The van der Waals surface area contributed by atoms with Crippen molar-refractivity contribution in [3.05, 3.63) is 138 Å². The summed E-state index contributed by atoms with van der Waals surface area (Å²) in [5.74, 6) is -1.20. The number of nitrogens with zero attached hydrogens (tertiary/aromatic N) is 1. The monoisotopic (exact) mass is 549 g/mol. The van der Waals surface area contributed by atoms with Gasteiger partial charge in [-0.25, -0.2) is 0 Å². The van der Waals surface area contributed by atoms with Gasteiger partial charge in [0.05, 0.1) is 37.7 Å². The van der Waals surface area contributed by atoms with E-state index in [-0.39, 0.29) is 13.2 Å². The number of ether oxygens (including phenoxy) is 4. The number of anilines is 1. The second kappa shape index (κ2) is 12.6. The van der Waals surface area contributed by atoms with Gasteiger partial charge in [0, 0.05) is 0 Å². The Hall–Kier alpha value is -4.14. The first-order valence-electron chi connectivity index (χ1n) is 13.7. The third-order valence-corrected chi connectivity index (χ3v) is 7.33. The molecule has 4 aromatic rings. The standard InChI is InChI=1S/C34H31NO6/c36-30-27-18-10-11-19-28(27)35(33(30)37)34-32(40-22-26-16-8-3-9-17-26)31(39-21-25-14-6-2-7-15-25)29(41-34)23-38-20-24-12-4-1-5-13-24/h1-19,29,31-32,34H,20-23H2. The molecule has 4 unspecified atom stereocenters. The highest BCUT2D eigenvalue weighted by Gasteiger charge is 2.53. The van der Waals surface area contributed by atoms with Crippen molar-refractivity contribution in [2.45, 2.75) is 44.4 Å².